The number of hydrogen-bond acceptors (Lipinski definition) is 2. The van der Waals surface area contributed by atoms with Gasteiger partial charge >= 0.3 is 0 Å². The highest BCUT2D eigenvalue weighted by Crippen LogP contribution is 2.66. The first-order valence-corrected chi connectivity index (χ1v) is 12.2. The van der Waals surface area contributed by atoms with Gasteiger partial charge in [-0.15, -0.1) is 0 Å². The summed E-state index contributed by atoms with van der Waals surface area (Å²) < 4.78 is 7.05. The van der Waals surface area contributed by atoms with E-state index in [-0.39, 0.29) is 10.5 Å². The lowest BCUT2D eigenvalue weighted by Gasteiger charge is -2.53. The summed E-state index contributed by atoms with van der Waals surface area (Å²) in [6, 6.07) is 0. The standard InChI is InChI=1S/C20H30O2Si/c1-19(2,3)23(4,5)22-18-13-6-7-14-12-20(18)9-8-15(21)11-17(20)16(14)10-13/h7,11,13,16,18H,6,8-10,12H2,1-5H3/t13-,16-,18-,20+/m0/s1. The number of carbonyl (C=O) groups excluding carboxylic acids is 1. The lowest BCUT2D eigenvalue weighted by atomic mass is 9.60. The van der Waals surface area contributed by atoms with E-state index in [4.69, 9.17) is 4.43 Å². The van der Waals surface area contributed by atoms with Crippen molar-refractivity contribution in [1.29, 1.82) is 0 Å². The third-order valence-corrected chi connectivity index (χ3v) is 11.9. The third-order valence-electron chi connectivity index (χ3n) is 7.47. The second-order valence-corrected chi connectivity index (χ2v) is 14.5. The van der Waals surface area contributed by atoms with Crippen LogP contribution in [-0.4, -0.2) is 20.2 Å². The van der Waals surface area contributed by atoms with E-state index in [1.807, 2.05) is 6.08 Å². The van der Waals surface area contributed by atoms with Gasteiger partial charge in [0.05, 0.1) is 6.10 Å². The molecule has 4 atom stereocenters. The summed E-state index contributed by atoms with van der Waals surface area (Å²) in [5, 5.41) is 0.238. The quantitative estimate of drug-likeness (QED) is 0.525. The Morgan fingerprint density at radius 2 is 2.04 bits per heavy atom. The van der Waals surface area contributed by atoms with Gasteiger partial charge in [-0.1, -0.05) is 38.0 Å². The Kier molecular flexibility index (Phi) is 3.23. The number of rotatable bonds is 2. The van der Waals surface area contributed by atoms with Gasteiger partial charge in [0.1, 0.15) is 0 Å². The van der Waals surface area contributed by atoms with Crippen molar-refractivity contribution in [2.45, 2.75) is 77.1 Å². The molecule has 0 aromatic heterocycles. The highest BCUT2D eigenvalue weighted by molar-refractivity contribution is 6.74. The molecule has 126 valence electrons. The lowest BCUT2D eigenvalue weighted by Crippen LogP contribution is -2.54. The molecule has 2 nitrogen and oxygen atoms in total. The molecule has 4 aliphatic carbocycles. The maximum Gasteiger partial charge on any atom is 0.192 e. The minimum absolute atomic E-state index is 0.152. The first kappa shape index (κ1) is 15.8. The van der Waals surface area contributed by atoms with Crippen molar-refractivity contribution in [2.24, 2.45) is 17.3 Å². The molecule has 3 bridgehead atoms. The molecule has 4 aliphatic rings. The Labute approximate surface area is 141 Å². The van der Waals surface area contributed by atoms with Crippen molar-refractivity contribution < 1.29 is 9.22 Å². The second kappa shape index (κ2) is 4.69. The van der Waals surface area contributed by atoms with E-state index >= 15 is 0 Å². The molecule has 0 aliphatic heterocycles. The van der Waals surface area contributed by atoms with Crippen LogP contribution in [0.25, 0.3) is 0 Å². The van der Waals surface area contributed by atoms with E-state index in [0.29, 0.717) is 30.1 Å². The van der Waals surface area contributed by atoms with Gasteiger partial charge in [-0.05, 0) is 55.8 Å². The summed E-state index contributed by atoms with van der Waals surface area (Å²) in [4.78, 5) is 12.1. The fourth-order valence-electron chi connectivity index (χ4n) is 5.21. The normalized spacial score (nSPS) is 39.2. The molecular formula is C20H30O2Si. The Morgan fingerprint density at radius 1 is 1.30 bits per heavy atom. The highest BCUT2D eigenvalue weighted by Gasteiger charge is 2.61. The van der Waals surface area contributed by atoms with Crippen molar-refractivity contribution in [3.63, 3.8) is 0 Å². The van der Waals surface area contributed by atoms with Gasteiger partial charge in [-0.3, -0.25) is 4.79 Å². The molecule has 0 aromatic carbocycles. The molecule has 0 saturated heterocycles. The molecule has 0 N–H and O–H groups in total. The average Bonchev–Trinajstić information content (AvgIpc) is 2.63. The summed E-state index contributed by atoms with van der Waals surface area (Å²) in [5.41, 5.74) is 3.21. The van der Waals surface area contributed by atoms with Crippen LogP contribution >= 0.6 is 0 Å². The number of allylic oxidation sites excluding steroid dienone is 3. The summed E-state index contributed by atoms with van der Waals surface area (Å²) >= 11 is 0. The SMILES string of the molecule is CC(C)(C)[Si](C)(C)O[C@H]1[C@H]2CC=C3C[C@@]14CCC(=O)C=C4[C@H]3C2. The topological polar surface area (TPSA) is 26.3 Å². The van der Waals surface area contributed by atoms with Crippen LogP contribution in [0.1, 0.15) is 52.9 Å². The molecule has 0 spiro atoms. The van der Waals surface area contributed by atoms with Gasteiger partial charge in [0.25, 0.3) is 0 Å². The van der Waals surface area contributed by atoms with Crippen molar-refractivity contribution in [3.8, 4) is 0 Å². The fourth-order valence-corrected chi connectivity index (χ4v) is 6.61. The molecule has 4 rings (SSSR count). The zero-order valence-corrected chi connectivity index (χ0v) is 16.2. The largest absolute Gasteiger partial charge is 0.413 e. The summed E-state index contributed by atoms with van der Waals surface area (Å²) in [7, 11) is -1.81. The Bertz CT molecular complexity index is 622. The monoisotopic (exact) mass is 330 g/mol. The van der Waals surface area contributed by atoms with Crippen LogP contribution in [0.15, 0.2) is 23.3 Å². The second-order valence-electron chi connectivity index (χ2n) is 9.76. The fraction of sp³-hybridized carbons (Fsp3) is 0.750. The molecule has 23 heavy (non-hydrogen) atoms. The molecular weight excluding hydrogens is 300 g/mol. The first-order valence-electron chi connectivity index (χ1n) is 9.26. The molecule has 0 unspecified atom stereocenters. The van der Waals surface area contributed by atoms with E-state index in [0.717, 1.165) is 12.8 Å². The third kappa shape index (κ3) is 2.12. The van der Waals surface area contributed by atoms with Gasteiger partial charge in [0.15, 0.2) is 14.1 Å². The average molecular weight is 331 g/mol. The van der Waals surface area contributed by atoms with E-state index in [2.05, 4.69) is 39.9 Å². The number of fused-ring (bicyclic) bond motifs is 1. The van der Waals surface area contributed by atoms with E-state index in [1.165, 1.54) is 18.4 Å². The molecule has 3 heteroatoms. The highest BCUT2D eigenvalue weighted by atomic mass is 28.4. The molecule has 2 fully saturated rings. The zero-order chi connectivity index (χ0) is 16.6. The zero-order valence-electron chi connectivity index (χ0n) is 15.2. The van der Waals surface area contributed by atoms with Gasteiger partial charge in [-0.25, -0.2) is 0 Å². The molecule has 0 radical (unpaired) electrons. The molecule has 0 aromatic rings. The predicted molar refractivity (Wildman–Crippen MR) is 95.7 cm³/mol. The smallest absolute Gasteiger partial charge is 0.192 e. The van der Waals surface area contributed by atoms with Gasteiger partial charge in [0.2, 0.25) is 0 Å². The van der Waals surface area contributed by atoms with Crippen LogP contribution < -0.4 is 0 Å². The van der Waals surface area contributed by atoms with Crippen LogP contribution in [0.4, 0.5) is 0 Å². The van der Waals surface area contributed by atoms with E-state index in [1.54, 1.807) is 5.57 Å². The van der Waals surface area contributed by atoms with Crippen LogP contribution in [0, 0.1) is 17.3 Å². The van der Waals surface area contributed by atoms with Crippen molar-refractivity contribution in [2.75, 3.05) is 0 Å². The van der Waals surface area contributed by atoms with Gasteiger partial charge < -0.3 is 4.43 Å². The Morgan fingerprint density at radius 3 is 2.74 bits per heavy atom. The molecule has 0 amide bonds. The van der Waals surface area contributed by atoms with E-state index in [9.17, 15) is 4.79 Å². The summed E-state index contributed by atoms with van der Waals surface area (Å²) in [6.07, 6.45) is 10.1. The van der Waals surface area contributed by atoms with Crippen molar-refractivity contribution >= 4 is 14.1 Å². The lowest BCUT2D eigenvalue weighted by molar-refractivity contribution is -0.117. The molecule has 0 heterocycles. The van der Waals surface area contributed by atoms with E-state index < -0.39 is 8.32 Å². The summed E-state index contributed by atoms with van der Waals surface area (Å²) in [5.74, 6) is 1.56. The maximum absolute atomic E-state index is 12.1. The van der Waals surface area contributed by atoms with Crippen LogP contribution in [-0.2, 0) is 9.22 Å². The van der Waals surface area contributed by atoms with Crippen LogP contribution in [0.5, 0.6) is 0 Å². The van der Waals surface area contributed by atoms with Crippen LogP contribution in [0.2, 0.25) is 18.1 Å². The number of ketones is 1. The van der Waals surface area contributed by atoms with Crippen molar-refractivity contribution in [1.82, 2.24) is 0 Å². The predicted octanol–water partition coefficient (Wildman–Crippen LogP) is 5.02. The Hall–Kier alpha value is -0.673. The van der Waals surface area contributed by atoms with Gasteiger partial charge in [-0.2, -0.15) is 0 Å². The minimum atomic E-state index is -1.81. The van der Waals surface area contributed by atoms with Crippen molar-refractivity contribution in [3.05, 3.63) is 23.3 Å². The summed E-state index contributed by atoms with van der Waals surface area (Å²) in [6.45, 7) is 11.8. The minimum Gasteiger partial charge on any atom is -0.413 e. The van der Waals surface area contributed by atoms with Crippen LogP contribution in [0.3, 0.4) is 0 Å². The van der Waals surface area contributed by atoms with Gasteiger partial charge in [0, 0.05) is 17.8 Å². The number of hydrogen-bond donors (Lipinski definition) is 0. The maximum atomic E-state index is 12.1. The Balaban J connectivity index is 1.76. The molecule has 2 saturated carbocycles. The number of carbonyl (C=O) groups is 1. The first-order chi connectivity index (χ1) is 10.6.